The minimum absolute atomic E-state index is 0.0468. The fourth-order valence-electron chi connectivity index (χ4n) is 2.87. The van der Waals surface area contributed by atoms with Gasteiger partial charge in [-0.3, -0.25) is 4.99 Å². The number of aliphatic imine (C=N–C) groups is 1. The van der Waals surface area contributed by atoms with Gasteiger partial charge < -0.3 is 8.95 Å². The topological polar surface area (TPSA) is 47.6 Å². The molecule has 27 heavy (non-hydrogen) atoms. The van der Waals surface area contributed by atoms with Crippen LogP contribution in [0, 0.1) is 6.92 Å². The van der Waals surface area contributed by atoms with Crippen LogP contribution >= 0.6 is 0 Å². The largest absolute Gasteiger partial charge is 0.409 e. The molecule has 1 aromatic heterocycles. The highest BCUT2D eigenvalue weighted by Gasteiger charge is 2.22. The second kappa shape index (κ2) is 8.46. The van der Waals surface area contributed by atoms with E-state index in [1.807, 2.05) is 61.7 Å². The first-order valence-corrected chi connectivity index (χ1v) is 12.6. The number of benzene rings is 2. The number of rotatable bonds is 7. The molecule has 0 saturated heterocycles. The molecule has 0 aliphatic rings. The van der Waals surface area contributed by atoms with Crippen LogP contribution in [0.1, 0.15) is 22.9 Å². The fourth-order valence-corrected chi connectivity index (χ4v) is 3.94. The fraction of sp³-hybridized carbons (Fsp3) is 0.273. The first kappa shape index (κ1) is 19.3. The van der Waals surface area contributed by atoms with Crippen molar-refractivity contribution < 1.29 is 8.95 Å². The molecule has 4 nitrogen and oxygen atoms in total. The monoisotopic (exact) mass is 378 g/mol. The predicted molar refractivity (Wildman–Crippen MR) is 113 cm³/mol. The van der Waals surface area contributed by atoms with Crippen LogP contribution < -0.4 is 0 Å². The molecule has 3 rings (SSSR count). The molecule has 0 aliphatic carbocycles. The Balaban J connectivity index is 1.82. The molecular weight excluding hydrogens is 352 g/mol. The summed E-state index contributed by atoms with van der Waals surface area (Å²) >= 11 is 0. The summed E-state index contributed by atoms with van der Waals surface area (Å²) in [5.74, 6) is 0.749. The highest BCUT2D eigenvalue weighted by molar-refractivity contribution is 6.69. The van der Waals surface area contributed by atoms with Crippen molar-refractivity contribution in [1.29, 1.82) is 0 Å². The third-order valence-electron chi connectivity index (χ3n) is 4.10. The van der Waals surface area contributed by atoms with Gasteiger partial charge in [0.15, 0.2) is 14.1 Å². The second-order valence-corrected chi connectivity index (χ2v) is 12.0. The average Bonchev–Trinajstić information content (AvgIpc) is 3.02. The van der Waals surface area contributed by atoms with Gasteiger partial charge >= 0.3 is 0 Å². The van der Waals surface area contributed by atoms with Crippen LogP contribution in [0.15, 0.2) is 70.2 Å². The molecule has 1 heterocycles. The van der Waals surface area contributed by atoms with Gasteiger partial charge in [-0.05, 0) is 32.1 Å². The molecule has 0 radical (unpaired) electrons. The Labute approximate surface area is 162 Å². The zero-order valence-electron chi connectivity index (χ0n) is 16.3. The summed E-state index contributed by atoms with van der Waals surface area (Å²) in [6.45, 7) is 9.09. The van der Waals surface area contributed by atoms with Crippen molar-refractivity contribution in [1.82, 2.24) is 5.16 Å². The summed E-state index contributed by atoms with van der Waals surface area (Å²) in [5, 5.41) is 4.12. The lowest BCUT2D eigenvalue weighted by molar-refractivity contribution is 0.207. The molecule has 0 N–H and O–H groups in total. The molecule has 0 bridgehead atoms. The van der Waals surface area contributed by atoms with E-state index >= 15 is 0 Å². The van der Waals surface area contributed by atoms with Crippen LogP contribution in [-0.2, 0) is 4.43 Å². The number of aryl methyl sites for hydroxylation is 1. The predicted octanol–water partition coefficient (Wildman–Crippen LogP) is 5.66. The second-order valence-electron chi connectivity index (χ2n) is 7.50. The van der Waals surface area contributed by atoms with E-state index < -0.39 is 8.32 Å². The van der Waals surface area contributed by atoms with Gasteiger partial charge in [0.1, 0.15) is 0 Å². The molecule has 3 aromatic rings. The van der Waals surface area contributed by atoms with E-state index in [1.54, 1.807) is 0 Å². The Morgan fingerprint density at radius 3 is 2.30 bits per heavy atom. The number of aromatic nitrogens is 1. The Bertz CT molecular complexity index is 884. The third kappa shape index (κ3) is 5.25. The highest BCUT2D eigenvalue weighted by Crippen LogP contribution is 2.26. The molecule has 2 aromatic carbocycles. The van der Waals surface area contributed by atoms with Crippen LogP contribution in [0.25, 0.3) is 11.3 Å². The zero-order chi connectivity index (χ0) is 19.3. The lowest BCUT2D eigenvalue weighted by atomic mass is 10.1. The van der Waals surface area contributed by atoms with E-state index in [-0.39, 0.29) is 6.10 Å². The molecule has 0 aliphatic heterocycles. The van der Waals surface area contributed by atoms with E-state index in [1.165, 1.54) is 0 Å². The molecule has 1 atom stereocenters. The van der Waals surface area contributed by atoms with E-state index in [2.05, 4.69) is 36.9 Å². The van der Waals surface area contributed by atoms with E-state index in [0.29, 0.717) is 6.54 Å². The average molecular weight is 379 g/mol. The quantitative estimate of drug-likeness (QED) is 0.393. The van der Waals surface area contributed by atoms with Crippen molar-refractivity contribution in [2.75, 3.05) is 6.54 Å². The molecule has 140 valence electrons. The Kier molecular flexibility index (Phi) is 6.03. The smallest absolute Gasteiger partial charge is 0.184 e. The number of hydrogen-bond acceptors (Lipinski definition) is 4. The lowest BCUT2D eigenvalue weighted by Gasteiger charge is -2.25. The Hall–Kier alpha value is -2.50. The summed E-state index contributed by atoms with van der Waals surface area (Å²) in [5.41, 5.74) is 3.90. The Morgan fingerprint density at radius 1 is 1.04 bits per heavy atom. The standard InChI is InChI=1S/C22H26N2O2Si/c1-17-20(22(25-24-17)19-13-9-6-10-14-19)15-23-16-21(26-27(2,3)4)18-11-7-5-8-12-18/h5-15,21H,16H2,1-4H3/b23-15+/t21-/m1/s1. The summed E-state index contributed by atoms with van der Waals surface area (Å²) < 4.78 is 11.9. The van der Waals surface area contributed by atoms with E-state index in [4.69, 9.17) is 13.9 Å². The van der Waals surface area contributed by atoms with Crippen molar-refractivity contribution in [3.8, 4) is 11.3 Å². The third-order valence-corrected chi connectivity index (χ3v) is 5.09. The van der Waals surface area contributed by atoms with Crippen molar-refractivity contribution >= 4 is 14.5 Å². The van der Waals surface area contributed by atoms with Crippen LogP contribution in [-0.4, -0.2) is 26.2 Å². The van der Waals surface area contributed by atoms with Crippen molar-refractivity contribution in [3.63, 3.8) is 0 Å². The van der Waals surface area contributed by atoms with Crippen molar-refractivity contribution in [2.45, 2.75) is 32.7 Å². The molecule has 0 saturated carbocycles. The van der Waals surface area contributed by atoms with Gasteiger partial charge in [0.2, 0.25) is 0 Å². The summed E-state index contributed by atoms with van der Waals surface area (Å²) in [7, 11) is -1.70. The summed E-state index contributed by atoms with van der Waals surface area (Å²) in [4.78, 5) is 4.69. The van der Waals surface area contributed by atoms with E-state index in [0.717, 1.165) is 28.1 Å². The molecular formula is C22H26N2O2Si. The molecule has 0 amide bonds. The highest BCUT2D eigenvalue weighted by atomic mass is 28.4. The summed E-state index contributed by atoms with van der Waals surface area (Å²) in [6, 6.07) is 20.3. The van der Waals surface area contributed by atoms with Gasteiger partial charge in [-0.2, -0.15) is 0 Å². The van der Waals surface area contributed by atoms with Crippen molar-refractivity contribution in [3.05, 3.63) is 77.5 Å². The zero-order valence-corrected chi connectivity index (χ0v) is 17.3. The van der Waals surface area contributed by atoms with Crippen LogP contribution in [0.4, 0.5) is 0 Å². The molecule has 5 heteroatoms. The van der Waals surface area contributed by atoms with Gasteiger partial charge in [-0.25, -0.2) is 0 Å². The molecule has 0 fully saturated rings. The maximum Gasteiger partial charge on any atom is 0.184 e. The van der Waals surface area contributed by atoms with Gasteiger partial charge in [0.25, 0.3) is 0 Å². The van der Waals surface area contributed by atoms with Crippen LogP contribution in [0.2, 0.25) is 19.6 Å². The van der Waals surface area contributed by atoms with Gasteiger partial charge in [-0.15, -0.1) is 0 Å². The summed E-state index contributed by atoms with van der Waals surface area (Å²) in [6.07, 6.45) is 1.81. The normalized spacial score (nSPS) is 13.2. The van der Waals surface area contributed by atoms with Crippen LogP contribution in [0.3, 0.4) is 0 Å². The van der Waals surface area contributed by atoms with Crippen LogP contribution in [0.5, 0.6) is 0 Å². The number of nitrogens with zero attached hydrogens (tertiary/aromatic N) is 2. The van der Waals surface area contributed by atoms with E-state index in [9.17, 15) is 0 Å². The Morgan fingerprint density at radius 2 is 1.67 bits per heavy atom. The van der Waals surface area contributed by atoms with Crippen molar-refractivity contribution in [2.24, 2.45) is 4.99 Å². The maximum absolute atomic E-state index is 6.37. The SMILES string of the molecule is Cc1noc(-c2ccccc2)c1/C=N/C[C@@H](O[Si](C)(C)C)c1ccccc1. The van der Waals surface area contributed by atoms with Gasteiger partial charge in [0.05, 0.1) is 23.9 Å². The van der Waals surface area contributed by atoms with Gasteiger partial charge in [-0.1, -0.05) is 65.8 Å². The first-order chi connectivity index (χ1) is 12.9. The minimum atomic E-state index is -1.70. The van der Waals surface area contributed by atoms with Gasteiger partial charge in [0, 0.05) is 11.8 Å². The lowest BCUT2D eigenvalue weighted by Crippen LogP contribution is -2.29. The number of hydrogen-bond donors (Lipinski definition) is 0. The first-order valence-electron chi connectivity index (χ1n) is 9.18. The maximum atomic E-state index is 6.37. The molecule has 0 unspecified atom stereocenters. The minimum Gasteiger partial charge on any atom is -0.409 e. The molecule has 0 spiro atoms.